The Morgan fingerprint density at radius 1 is 0.691 bits per heavy atom. The van der Waals surface area contributed by atoms with Gasteiger partial charge in [-0.3, -0.25) is 58.7 Å². The zero-order chi connectivity index (χ0) is 60.0. The molecule has 30 heteroatoms. The molecule has 1 heterocycles. The molecule has 10 amide bonds. The Morgan fingerprint density at radius 3 is 1.85 bits per heavy atom. The normalized spacial score (nSPS) is 19.5. The molecular weight excluding hydrogens is 1050 g/mol. The molecule has 3 rings (SSSR count). The number of hydrogen-bond acceptors (Lipinski definition) is 16. The van der Waals surface area contributed by atoms with Gasteiger partial charge in [0.1, 0.15) is 47.8 Å². The van der Waals surface area contributed by atoms with E-state index >= 15 is 0 Å². The molecule has 0 bridgehead atoms. The van der Waals surface area contributed by atoms with Crippen LogP contribution in [0.15, 0.2) is 63.5 Å². The summed E-state index contributed by atoms with van der Waals surface area (Å²) in [5, 5.41) is 43.4. The molecule has 2 aromatic rings. The second-order valence-corrected chi connectivity index (χ2v) is 19.7. The largest absolute Gasteiger partial charge is 0.508 e. The Bertz CT molecular complexity index is 2520. The minimum atomic E-state index is -1.49. The summed E-state index contributed by atoms with van der Waals surface area (Å²) in [6.45, 7) is 3.94. The SMILES string of the molecule is CC(C)C[C@H](NC(=O)[C@@H]1CCCN=C(N)NC(=O)NCCCCNC(=O)C[C@@H](N)C(=O)N[C@@H](CCCN=C(N)N)C(=O)N[C@@H](Cc2ccc(O)cc2)C(=O)N1)C(=O)N[C@@H](CCCN=C(N)N)C(=O)N[C@@H](Cc1ccc(O)cc1)C(N)=O. The molecule has 25 N–H and O–H groups in total. The fourth-order valence-corrected chi connectivity index (χ4v) is 8.06. The van der Waals surface area contributed by atoms with E-state index in [1.54, 1.807) is 26.0 Å². The number of amides is 10. The van der Waals surface area contributed by atoms with Gasteiger partial charge in [0.05, 0.1) is 12.5 Å². The van der Waals surface area contributed by atoms with Crippen LogP contribution in [0.1, 0.15) is 89.2 Å². The molecular formula is C51H81N19O11. The van der Waals surface area contributed by atoms with Crippen LogP contribution in [0.2, 0.25) is 0 Å². The van der Waals surface area contributed by atoms with E-state index in [4.69, 9.17) is 40.1 Å². The zero-order valence-corrected chi connectivity index (χ0v) is 45.7. The predicted octanol–water partition coefficient (Wildman–Crippen LogP) is -4.55. The highest BCUT2D eigenvalue weighted by Crippen LogP contribution is 2.15. The number of rotatable bonds is 21. The van der Waals surface area contributed by atoms with Gasteiger partial charge in [-0.2, -0.15) is 0 Å². The molecule has 0 aliphatic carbocycles. The number of aromatic hydroxyl groups is 2. The van der Waals surface area contributed by atoms with Gasteiger partial charge in [-0.05, 0) is 99.1 Å². The summed E-state index contributed by atoms with van der Waals surface area (Å²) in [5.41, 5.74) is 40.9. The highest BCUT2D eigenvalue weighted by atomic mass is 16.3. The van der Waals surface area contributed by atoms with Crippen molar-refractivity contribution < 1.29 is 53.4 Å². The monoisotopic (exact) mass is 1140 g/mol. The number of hydrogen-bond donors (Lipinski definition) is 18. The summed E-state index contributed by atoms with van der Waals surface area (Å²) in [5.74, 6) is -7.72. The van der Waals surface area contributed by atoms with Crippen molar-refractivity contribution in [3.63, 3.8) is 0 Å². The van der Waals surface area contributed by atoms with Crippen LogP contribution >= 0.6 is 0 Å². The molecule has 0 saturated heterocycles. The van der Waals surface area contributed by atoms with E-state index in [1.807, 2.05) is 0 Å². The van der Waals surface area contributed by atoms with Crippen molar-refractivity contribution in [1.82, 2.24) is 47.9 Å². The summed E-state index contributed by atoms with van der Waals surface area (Å²) < 4.78 is 0. The number of carbonyl (C=O) groups excluding carboxylic acids is 9. The maximum absolute atomic E-state index is 14.7. The van der Waals surface area contributed by atoms with Crippen LogP contribution in [0.5, 0.6) is 11.5 Å². The summed E-state index contributed by atoms with van der Waals surface area (Å²) >= 11 is 0. The van der Waals surface area contributed by atoms with Crippen molar-refractivity contribution in [1.29, 1.82) is 0 Å². The van der Waals surface area contributed by atoms with E-state index < -0.39 is 102 Å². The van der Waals surface area contributed by atoms with Crippen LogP contribution in [0.3, 0.4) is 0 Å². The lowest BCUT2D eigenvalue weighted by atomic mass is 10.00. The number of nitrogens with one attached hydrogen (secondary N) is 9. The second-order valence-electron chi connectivity index (χ2n) is 19.7. The van der Waals surface area contributed by atoms with Crippen LogP contribution in [0.25, 0.3) is 0 Å². The molecule has 81 heavy (non-hydrogen) atoms. The number of phenolic OH excluding ortho intramolecular Hbond substituents is 2. The Balaban J connectivity index is 2.06. The van der Waals surface area contributed by atoms with Gasteiger partial charge in [0.2, 0.25) is 47.3 Å². The number of nitrogens with zero attached hydrogens (tertiary/aromatic N) is 3. The third kappa shape index (κ3) is 26.5. The van der Waals surface area contributed by atoms with Gasteiger partial charge >= 0.3 is 6.03 Å². The van der Waals surface area contributed by atoms with Crippen LogP contribution in [-0.4, -0.2) is 156 Å². The molecule has 446 valence electrons. The van der Waals surface area contributed by atoms with Gasteiger partial charge < -0.3 is 92.9 Å². The molecule has 1 aliphatic rings. The zero-order valence-electron chi connectivity index (χ0n) is 45.7. The Labute approximate surface area is 469 Å². The standard InChI is InChI=1S/C51H81N19O11/c1-28(2)24-38(46(79)65-35(9-6-22-61-49(56)57)43(76)67-37(41(53)74)25-29-11-15-31(71)16-12-29)68-45(78)36-10-7-23-62-50(58)70-51(81)63-20-4-3-19-59-40(73)27-33(52)42(75)64-34(8-5-21-60-48(54)55)44(77)69-39(47(80)66-36)26-30-13-17-32(72)18-14-30/h11-18,28,33-39,71-72H,3-10,19-27,52H2,1-2H3,(H2,53,74)(H,59,73)(H,64,75)(H,65,79)(H,66,80)(H,67,76)(H,68,78)(H,69,77)(H4,54,55,60)(H4,56,57,61)(H4,58,62,63,70,81)/t33-,34+,35+,36+,37+,38+,39+/m1/s1. The average Bonchev–Trinajstić information content (AvgIpc) is 3.41. The molecule has 1 aliphatic heterocycles. The van der Waals surface area contributed by atoms with Gasteiger partial charge in [0, 0.05) is 45.6 Å². The molecule has 0 spiro atoms. The van der Waals surface area contributed by atoms with Gasteiger partial charge in [0.25, 0.3) is 0 Å². The van der Waals surface area contributed by atoms with E-state index in [2.05, 4.69) is 62.8 Å². The van der Waals surface area contributed by atoms with Crippen molar-refractivity contribution in [2.24, 2.45) is 61.0 Å². The Kier molecular flexibility index (Phi) is 28.5. The fourth-order valence-electron chi connectivity index (χ4n) is 8.06. The van der Waals surface area contributed by atoms with Crippen LogP contribution in [-0.2, 0) is 51.2 Å². The van der Waals surface area contributed by atoms with Crippen LogP contribution in [0.4, 0.5) is 4.79 Å². The van der Waals surface area contributed by atoms with E-state index in [-0.39, 0.29) is 126 Å². The number of carbonyl (C=O) groups is 9. The van der Waals surface area contributed by atoms with Crippen molar-refractivity contribution in [3.8, 4) is 11.5 Å². The van der Waals surface area contributed by atoms with Crippen LogP contribution in [0, 0.1) is 5.92 Å². The van der Waals surface area contributed by atoms with E-state index in [0.717, 1.165) is 0 Å². The van der Waals surface area contributed by atoms with Gasteiger partial charge in [-0.25, -0.2) is 4.79 Å². The first-order chi connectivity index (χ1) is 38.4. The van der Waals surface area contributed by atoms with E-state index in [0.29, 0.717) is 24.0 Å². The first-order valence-electron chi connectivity index (χ1n) is 26.6. The van der Waals surface area contributed by atoms with Crippen LogP contribution < -0.4 is 88.0 Å². The molecule has 0 unspecified atom stereocenters. The number of aliphatic imine (C=N–C) groups is 3. The number of primary amides is 1. The maximum atomic E-state index is 14.7. The van der Waals surface area contributed by atoms with Gasteiger partial charge in [-0.15, -0.1) is 0 Å². The second kappa shape index (κ2) is 34.8. The third-order valence-corrected chi connectivity index (χ3v) is 12.3. The molecule has 0 aromatic heterocycles. The molecule has 2 aromatic carbocycles. The maximum Gasteiger partial charge on any atom is 0.321 e. The number of urea groups is 1. The average molecular weight is 1140 g/mol. The minimum Gasteiger partial charge on any atom is -0.508 e. The van der Waals surface area contributed by atoms with Crippen molar-refractivity contribution in [2.75, 3.05) is 32.7 Å². The first-order valence-corrected chi connectivity index (χ1v) is 26.6. The smallest absolute Gasteiger partial charge is 0.321 e. The predicted molar refractivity (Wildman–Crippen MR) is 301 cm³/mol. The van der Waals surface area contributed by atoms with Gasteiger partial charge in [-0.1, -0.05) is 38.1 Å². The summed E-state index contributed by atoms with van der Waals surface area (Å²) in [4.78, 5) is 136. The van der Waals surface area contributed by atoms with Crippen molar-refractivity contribution >= 4 is 71.2 Å². The number of guanidine groups is 3. The highest BCUT2D eigenvalue weighted by Gasteiger charge is 2.34. The topological polar surface area (TPSA) is 522 Å². The lowest BCUT2D eigenvalue weighted by molar-refractivity contribution is -0.136. The third-order valence-electron chi connectivity index (χ3n) is 12.3. The van der Waals surface area contributed by atoms with Crippen molar-refractivity contribution in [2.45, 2.75) is 133 Å². The quantitative estimate of drug-likeness (QED) is 0.0318. The molecule has 30 nitrogen and oxygen atoms in total. The minimum absolute atomic E-state index is 0.00403. The first kappa shape index (κ1) is 66.3. The number of phenols is 2. The summed E-state index contributed by atoms with van der Waals surface area (Å²) in [6, 6.07) is 1.19. The fraction of sp³-hybridized carbons (Fsp3) is 0.529. The van der Waals surface area contributed by atoms with Gasteiger partial charge in [0.15, 0.2) is 17.9 Å². The number of benzene rings is 2. The summed E-state index contributed by atoms with van der Waals surface area (Å²) in [6.07, 6.45) is 0.172. The Morgan fingerprint density at radius 2 is 1.25 bits per heavy atom. The lowest BCUT2D eigenvalue weighted by Crippen LogP contribution is -2.60. The van der Waals surface area contributed by atoms with E-state index in [9.17, 15) is 53.4 Å². The number of nitrogens with two attached hydrogens (primary N) is 7. The molecule has 0 radical (unpaired) electrons. The highest BCUT2D eigenvalue weighted by molar-refractivity contribution is 5.98. The molecule has 0 fully saturated rings. The molecule has 7 atom stereocenters. The lowest BCUT2D eigenvalue weighted by Gasteiger charge is -2.28. The summed E-state index contributed by atoms with van der Waals surface area (Å²) in [7, 11) is 0. The molecule has 0 saturated carbocycles. The van der Waals surface area contributed by atoms with E-state index in [1.165, 1.54) is 36.4 Å². The Hall–Kier alpha value is -8.96. The van der Waals surface area contributed by atoms with Crippen molar-refractivity contribution in [3.05, 3.63) is 59.7 Å².